The first-order valence-electron chi connectivity index (χ1n) is 8.79. The highest BCUT2D eigenvalue weighted by molar-refractivity contribution is 6.05. The summed E-state index contributed by atoms with van der Waals surface area (Å²) < 4.78 is 15.5. The van der Waals surface area contributed by atoms with Crippen molar-refractivity contribution in [2.45, 2.75) is 32.1 Å². The van der Waals surface area contributed by atoms with Crippen LogP contribution < -0.4 is 5.73 Å². The molecule has 0 atom stereocenters. The maximum Gasteiger partial charge on any atom is 0.251 e. The van der Waals surface area contributed by atoms with Crippen LogP contribution in [0.5, 0.6) is 0 Å². The van der Waals surface area contributed by atoms with Gasteiger partial charge in [0.15, 0.2) is 5.65 Å². The molecule has 0 saturated carbocycles. The Balaban J connectivity index is 1.75. The van der Waals surface area contributed by atoms with Crippen molar-refractivity contribution in [2.24, 2.45) is 5.73 Å². The van der Waals surface area contributed by atoms with Gasteiger partial charge in [-0.1, -0.05) is 6.92 Å². The predicted octanol–water partition coefficient (Wildman–Crippen LogP) is 2.64. The Hall–Kier alpha value is -2.41. The number of imidazole rings is 1. The number of carbonyl (C=O) groups excluding carboxylic acids is 1. The van der Waals surface area contributed by atoms with E-state index < -0.39 is 11.7 Å². The molecule has 3 aromatic rings. The lowest BCUT2D eigenvalue weighted by atomic mass is 9.91. The van der Waals surface area contributed by atoms with Gasteiger partial charge in [0.1, 0.15) is 11.3 Å². The number of rotatable bonds is 4. The van der Waals surface area contributed by atoms with Crippen LogP contribution in [-0.4, -0.2) is 45.0 Å². The quantitative estimate of drug-likeness (QED) is 0.764. The molecule has 1 amide bonds. The molecule has 4 rings (SSSR count). The Kier molecular flexibility index (Phi) is 3.95. The van der Waals surface area contributed by atoms with Crippen LogP contribution in [0.25, 0.3) is 16.7 Å². The van der Waals surface area contributed by atoms with E-state index in [-0.39, 0.29) is 5.56 Å². The third-order valence-electron chi connectivity index (χ3n) is 5.16. The first-order valence-corrected chi connectivity index (χ1v) is 8.79. The van der Waals surface area contributed by atoms with Gasteiger partial charge in [0.25, 0.3) is 5.91 Å². The van der Waals surface area contributed by atoms with Crippen molar-refractivity contribution in [1.29, 1.82) is 0 Å². The third-order valence-corrected chi connectivity index (χ3v) is 5.16. The number of primary amides is 1. The standard InChI is InChI=1S/C18H22FN5O/c1-2-5-23-6-3-11(4-7-23)14-10-21-24-16-13(17(20)25)8-12(19)9-15(16)22-18(14)24/h8-11,21H,2-7H2,1H3,(H2,20,25). The van der Waals surface area contributed by atoms with E-state index in [1.807, 2.05) is 6.20 Å². The molecule has 1 aromatic carbocycles. The molecule has 6 nitrogen and oxygen atoms in total. The summed E-state index contributed by atoms with van der Waals surface area (Å²) in [6.07, 6.45) is 5.28. The summed E-state index contributed by atoms with van der Waals surface area (Å²) >= 11 is 0. The first-order chi connectivity index (χ1) is 12.1. The van der Waals surface area contributed by atoms with Crippen LogP contribution in [0.1, 0.15) is 48.0 Å². The molecule has 3 heterocycles. The van der Waals surface area contributed by atoms with Crippen LogP contribution in [-0.2, 0) is 0 Å². The van der Waals surface area contributed by atoms with E-state index >= 15 is 0 Å². The lowest BCUT2D eigenvalue weighted by Crippen LogP contribution is -2.33. The molecular formula is C18H22FN5O. The number of nitrogens with zero attached hydrogens (tertiary/aromatic N) is 3. The van der Waals surface area contributed by atoms with Crippen molar-refractivity contribution in [1.82, 2.24) is 19.5 Å². The minimum Gasteiger partial charge on any atom is -0.366 e. The van der Waals surface area contributed by atoms with Gasteiger partial charge >= 0.3 is 0 Å². The first kappa shape index (κ1) is 16.1. The monoisotopic (exact) mass is 343 g/mol. The van der Waals surface area contributed by atoms with Gasteiger partial charge in [0, 0.05) is 17.8 Å². The summed E-state index contributed by atoms with van der Waals surface area (Å²) in [7, 11) is 0. The van der Waals surface area contributed by atoms with Crippen molar-refractivity contribution in [2.75, 3.05) is 19.6 Å². The number of aromatic nitrogens is 3. The van der Waals surface area contributed by atoms with E-state index in [2.05, 4.69) is 21.9 Å². The van der Waals surface area contributed by atoms with Gasteiger partial charge in [-0.25, -0.2) is 13.9 Å². The van der Waals surface area contributed by atoms with E-state index in [4.69, 9.17) is 5.73 Å². The predicted molar refractivity (Wildman–Crippen MR) is 94.2 cm³/mol. The molecule has 0 unspecified atom stereocenters. The van der Waals surface area contributed by atoms with E-state index in [0.29, 0.717) is 17.0 Å². The second-order valence-corrected chi connectivity index (χ2v) is 6.80. The van der Waals surface area contributed by atoms with Gasteiger partial charge in [-0.2, -0.15) is 0 Å². The Morgan fingerprint density at radius 1 is 1.40 bits per heavy atom. The van der Waals surface area contributed by atoms with Gasteiger partial charge in [-0.15, -0.1) is 0 Å². The summed E-state index contributed by atoms with van der Waals surface area (Å²) in [5.41, 5.74) is 8.45. The zero-order valence-electron chi connectivity index (χ0n) is 14.3. The number of hydrogen-bond acceptors (Lipinski definition) is 3. The normalized spacial score (nSPS) is 16.9. The smallest absolute Gasteiger partial charge is 0.251 e. The van der Waals surface area contributed by atoms with Crippen LogP contribution in [0.4, 0.5) is 4.39 Å². The van der Waals surface area contributed by atoms with E-state index in [0.717, 1.165) is 43.7 Å². The van der Waals surface area contributed by atoms with Gasteiger partial charge in [-0.3, -0.25) is 9.89 Å². The molecule has 7 heteroatoms. The van der Waals surface area contributed by atoms with Crippen LogP contribution in [0.15, 0.2) is 18.3 Å². The number of piperidine rings is 1. The molecule has 1 saturated heterocycles. The van der Waals surface area contributed by atoms with Gasteiger partial charge in [-0.05, 0) is 50.9 Å². The molecule has 2 aromatic heterocycles. The number of carbonyl (C=O) groups is 1. The van der Waals surface area contributed by atoms with Crippen LogP contribution in [0, 0.1) is 5.82 Å². The summed E-state index contributed by atoms with van der Waals surface area (Å²) in [4.78, 5) is 18.8. The van der Waals surface area contributed by atoms with E-state index in [9.17, 15) is 9.18 Å². The second kappa shape index (κ2) is 6.15. The summed E-state index contributed by atoms with van der Waals surface area (Å²) in [6, 6.07) is 2.51. The Bertz CT molecular complexity index is 936. The fourth-order valence-electron chi connectivity index (χ4n) is 3.97. The molecular weight excluding hydrogens is 321 g/mol. The minimum atomic E-state index is -0.657. The molecule has 3 N–H and O–H groups in total. The average molecular weight is 343 g/mol. The van der Waals surface area contributed by atoms with Gasteiger partial charge < -0.3 is 10.6 Å². The van der Waals surface area contributed by atoms with E-state index in [1.165, 1.54) is 18.6 Å². The number of likely N-dealkylation sites (tertiary alicyclic amines) is 1. The zero-order chi connectivity index (χ0) is 17.6. The fraction of sp³-hybridized carbons (Fsp3) is 0.444. The van der Waals surface area contributed by atoms with Gasteiger partial charge in [0.2, 0.25) is 0 Å². The zero-order valence-corrected chi connectivity index (χ0v) is 14.3. The number of H-pyrrole nitrogens is 1. The highest BCUT2D eigenvalue weighted by Crippen LogP contribution is 2.32. The number of fused-ring (bicyclic) bond motifs is 3. The average Bonchev–Trinajstić information content (AvgIpc) is 3.13. The Labute approximate surface area is 144 Å². The molecule has 1 aliphatic heterocycles. The van der Waals surface area contributed by atoms with Crippen molar-refractivity contribution in [3.8, 4) is 0 Å². The number of amides is 1. The van der Waals surface area contributed by atoms with Crippen molar-refractivity contribution in [3.05, 3.63) is 35.3 Å². The van der Waals surface area contributed by atoms with Crippen LogP contribution in [0.3, 0.4) is 0 Å². The molecule has 132 valence electrons. The number of halogens is 1. The molecule has 0 bridgehead atoms. The molecule has 0 radical (unpaired) electrons. The molecule has 1 fully saturated rings. The third kappa shape index (κ3) is 2.68. The highest BCUT2D eigenvalue weighted by atomic mass is 19.1. The topological polar surface area (TPSA) is 79.4 Å². The van der Waals surface area contributed by atoms with Crippen molar-refractivity contribution in [3.63, 3.8) is 0 Å². The lowest BCUT2D eigenvalue weighted by Gasteiger charge is -2.31. The number of hydrogen-bond donors (Lipinski definition) is 2. The lowest BCUT2D eigenvalue weighted by molar-refractivity contribution is 0.100. The number of nitrogens with two attached hydrogens (primary N) is 1. The van der Waals surface area contributed by atoms with E-state index in [1.54, 1.807) is 4.52 Å². The van der Waals surface area contributed by atoms with Crippen molar-refractivity contribution < 1.29 is 9.18 Å². The highest BCUT2D eigenvalue weighted by Gasteiger charge is 2.25. The maximum atomic E-state index is 13.8. The molecule has 25 heavy (non-hydrogen) atoms. The van der Waals surface area contributed by atoms with Crippen molar-refractivity contribution >= 4 is 22.6 Å². The number of benzene rings is 1. The Morgan fingerprint density at radius 3 is 2.84 bits per heavy atom. The molecule has 0 aliphatic carbocycles. The maximum absolute atomic E-state index is 13.8. The van der Waals surface area contributed by atoms with Crippen LogP contribution in [0.2, 0.25) is 0 Å². The molecule has 1 aliphatic rings. The van der Waals surface area contributed by atoms with Crippen LogP contribution >= 0.6 is 0 Å². The second-order valence-electron chi connectivity index (χ2n) is 6.80. The number of nitrogens with one attached hydrogen (secondary N) is 1. The Morgan fingerprint density at radius 2 is 2.16 bits per heavy atom. The summed E-state index contributed by atoms with van der Waals surface area (Å²) in [5, 5.41) is 3.17. The number of aromatic amines is 1. The summed E-state index contributed by atoms with van der Waals surface area (Å²) in [6.45, 7) is 5.51. The largest absolute Gasteiger partial charge is 0.366 e. The minimum absolute atomic E-state index is 0.147. The SMILES string of the molecule is CCCN1CCC(c2c[nH]n3c2nc2cc(F)cc(C(N)=O)c23)CC1. The fourth-order valence-corrected chi connectivity index (χ4v) is 3.97. The summed E-state index contributed by atoms with van der Waals surface area (Å²) in [5.74, 6) is -0.743. The molecule has 0 spiro atoms. The van der Waals surface area contributed by atoms with Gasteiger partial charge in [0.05, 0.1) is 11.1 Å².